The van der Waals surface area contributed by atoms with Crippen molar-refractivity contribution in [2.45, 2.75) is 23.8 Å². The molecule has 0 saturated heterocycles. The van der Waals surface area contributed by atoms with E-state index < -0.39 is 5.54 Å². The van der Waals surface area contributed by atoms with E-state index in [1.54, 1.807) is 0 Å². The molecule has 0 aromatic heterocycles. The van der Waals surface area contributed by atoms with Crippen molar-refractivity contribution in [3.63, 3.8) is 0 Å². The minimum Gasteiger partial charge on any atom is -0.394 e. The van der Waals surface area contributed by atoms with Crippen LogP contribution in [0.2, 0.25) is 0 Å². The Balaban J connectivity index is 2.46. The summed E-state index contributed by atoms with van der Waals surface area (Å²) in [6, 6.07) is 9.62. The quantitative estimate of drug-likeness (QED) is 0.647. The fourth-order valence-corrected chi connectivity index (χ4v) is 2.16. The van der Waals surface area contributed by atoms with Gasteiger partial charge in [0.1, 0.15) is 0 Å². The molecule has 1 aromatic carbocycles. The van der Waals surface area contributed by atoms with E-state index in [0.717, 1.165) is 4.90 Å². The molecule has 0 unspecified atom stereocenters. The minimum atomic E-state index is -0.908. The molecule has 0 aliphatic carbocycles. The maximum atomic E-state index is 11.8. The average molecular weight is 269 g/mol. The van der Waals surface area contributed by atoms with Crippen LogP contribution in [0, 0.1) is 0 Å². The van der Waals surface area contributed by atoms with Crippen LogP contribution in [0.15, 0.2) is 35.2 Å². The number of nitrogens with one attached hydrogen (secondary N) is 1. The summed E-state index contributed by atoms with van der Waals surface area (Å²) in [5, 5.41) is 21.1. The van der Waals surface area contributed by atoms with E-state index >= 15 is 0 Å². The molecule has 100 valence electrons. The van der Waals surface area contributed by atoms with Crippen LogP contribution in [0.4, 0.5) is 0 Å². The minimum absolute atomic E-state index is 0.186. The third-order valence-corrected chi connectivity index (χ3v) is 3.81. The first-order valence-corrected chi connectivity index (χ1v) is 6.85. The van der Waals surface area contributed by atoms with Crippen molar-refractivity contribution in [2.75, 3.05) is 19.0 Å². The van der Waals surface area contributed by atoms with Gasteiger partial charge in [-0.2, -0.15) is 0 Å². The zero-order valence-electron chi connectivity index (χ0n) is 10.4. The van der Waals surface area contributed by atoms with Crippen molar-refractivity contribution in [1.82, 2.24) is 5.32 Å². The number of hydrogen-bond acceptors (Lipinski definition) is 4. The first kappa shape index (κ1) is 15.0. The van der Waals surface area contributed by atoms with Gasteiger partial charge in [-0.1, -0.05) is 25.1 Å². The van der Waals surface area contributed by atoms with Crippen molar-refractivity contribution < 1.29 is 15.0 Å². The van der Waals surface area contributed by atoms with Crippen LogP contribution in [-0.2, 0) is 4.79 Å². The normalized spacial score (nSPS) is 11.3. The van der Waals surface area contributed by atoms with Gasteiger partial charge < -0.3 is 15.5 Å². The smallest absolute Gasteiger partial charge is 0.230 e. The lowest BCUT2D eigenvalue weighted by molar-refractivity contribution is -0.121. The second-order valence-electron chi connectivity index (χ2n) is 4.10. The SMILES string of the molecule is CCC(CO)(CO)NC(=O)CSc1ccccc1. The van der Waals surface area contributed by atoms with E-state index in [1.165, 1.54) is 11.8 Å². The second kappa shape index (κ2) is 7.41. The standard InChI is InChI=1S/C13H19NO3S/c1-2-13(9-15,10-16)14-12(17)8-18-11-6-4-3-5-7-11/h3-7,15-16H,2,8-10H2,1H3,(H,14,17). The molecule has 1 rings (SSSR count). The van der Waals surface area contributed by atoms with E-state index in [0.29, 0.717) is 6.42 Å². The Morgan fingerprint density at radius 1 is 1.28 bits per heavy atom. The zero-order chi connectivity index (χ0) is 13.4. The summed E-state index contributed by atoms with van der Waals surface area (Å²) in [4.78, 5) is 12.8. The fraction of sp³-hybridized carbons (Fsp3) is 0.462. The van der Waals surface area contributed by atoms with E-state index in [1.807, 2.05) is 37.3 Å². The van der Waals surface area contributed by atoms with Crippen LogP contribution in [0.3, 0.4) is 0 Å². The number of aliphatic hydroxyl groups is 2. The van der Waals surface area contributed by atoms with Crippen LogP contribution in [0.25, 0.3) is 0 Å². The number of benzene rings is 1. The molecule has 0 aliphatic heterocycles. The first-order valence-electron chi connectivity index (χ1n) is 5.86. The number of carbonyl (C=O) groups excluding carboxylic acids is 1. The van der Waals surface area contributed by atoms with Gasteiger partial charge in [-0.05, 0) is 18.6 Å². The lowest BCUT2D eigenvalue weighted by Crippen LogP contribution is -2.54. The van der Waals surface area contributed by atoms with Crippen LogP contribution in [-0.4, -0.2) is 40.6 Å². The van der Waals surface area contributed by atoms with Gasteiger partial charge in [0, 0.05) is 4.90 Å². The van der Waals surface area contributed by atoms with Crippen LogP contribution in [0.5, 0.6) is 0 Å². The number of aliphatic hydroxyl groups excluding tert-OH is 2. The Morgan fingerprint density at radius 2 is 1.89 bits per heavy atom. The topological polar surface area (TPSA) is 69.6 Å². The van der Waals surface area contributed by atoms with Gasteiger partial charge in [0.2, 0.25) is 5.91 Å². The van der Waals surface area contributed by atoms with Crippen molar-refractivity contribution >= 4 is 17.7 Å². The maximum Gasteiger partial charge on any atom is 0.230 e. The van der Waals surface area contributed by atoms with E-state index in [2.05, 4.69) is 5.32 Å². The molecular formula is C13H19NO3S. The summed E-state index contributed by atoms with van der Waals surface area (Å²) in [7, 11) is 0. The van der Waals surface area contributed by atoms with Crippen LogP contribution >= 0.6 is 11.8 Å². The Hall–Kier alpha value is -1.04. The summed E-state index contributed by atoms with van der Waals surface area (Å²) < 4.78 is 0. The highest BCUT2D eigenvalue weighted by Gasteiger charge is 2.28. The molecule has 18 heavy (non-hydrogen) atoms. The number of amides is 1. The molecule has 0 radical (unpaired) electrons. The molecule has 0 spiro atoms. The van der Waals surface area contributed by atoms with Gasteiger partial charge in [0.25, 0.3) is 0 Å². The third kappa shape index (κ3) is 4.33. The lowest BCUT2D eigenvalue weighted by Gasteiger charge is -2.29. The highest BCUT2D eigenvalue weighted by molar-refractivity contribution is 8.00. The summed E-state index contributed by atoms with van der Waals surface area (Å²) in [6.07, 6.45) is 0.488. The lowest BCUT2D eigenvalue weighted by atomic mass is 9.99. The number of rotatable bonds is 7. The van der Waals surface area contributed by atoms with Gasteiger partial charge >= 0.3 is 0 Å². The molecular weight excluding hydrogens is 250 g/mol. The van der Waals surface area contributed by atoms with E-state index in [4.69, 9.17) is 0 Å². The maximum absolute atomic E-state index is 11.8. The van der Waals surface area contributed by atoms with Crippen LogP contribution < -0.4 is 5.32 Å². The van der Waals surface area contributed by atoms with Gasteiger partial charge in [-0.25, -0.2) is 0 Å². The molecule has 1 aromatic rings. The van der Waals surface area contributed by atoms with Gasteiger partial charge in [0.05, 0.1) is 24.5 Å². The van der Waals surface area contributed by atoms with Crippen LogP contribution in [0.1, 0.15) is 13.3 Å². The fourth-order valence-electron chi connectivity index (χ4n) is 1.44. The number of thioether (sulfide) groups is 1. The molecule has 1 amide bonds. The Kier molecular flexibility index (Phi) is 6.18. The first-order chi connectivity index (χ1) is 8.65. The summed E-state index contributed by atoms with van der Waals surface area (Å²) in [6.45, 7) is 1.29. The zero-order valence-corrected chi connectivity index (χ0v) is 11.2. The summed E-state index contributed by atoms with van der Waals surface area (Å²) >= 11 is 1.43. The Morgan fingerprint density at radius 3 is 2.39 bits per heavy atom. The molecule has 0 aliphatic rings. The van der Waals surface area contributed by atoms with Crippen molar-refractivity contribution in [3.8, 4) is 0 Å². The number of carbonyl (C=O) groups is 1. The molecule has 0 atom stereocenters. The predicted octanol–water partition coefficient (Wildman–Crippen LogP) is 1.03. The van der Waals surface area contributed by atoms with Crippen molar-refractivity contribution in [2.24, 2.45) is 0 Å². The van der Waals surface area contributed by atoms with Crippen molar-refractivity contribution in [1.29, 1.82) is 0 Å². The largest absolute Gasteiger partial charge is 0.394 e. The molecule has 4 nitrogen and oxygen atoms in total. The Bertz CT molecular complexity index is 357. The molecule has 0 bridgehead atoms. The average Bonchev–Trinajstić information content (AvgIpc) is 2.44. The van der Waals surface area contributed by atoms with Gasteiger partial charge in [-0.3, -0.25) is 4.79 Å². The molecule has 0 heterocycles. The molecule has 5 heteroatoms. The third-order valence-electron chi connectivity index (χ3n) is 2.80. The predicted molar refractivity (Wildman–Crippen MR) is 72.5 cm³/mol. The highest BCUT2D eigenvalue weighted by Crippen LogP contribution is 2.17. The second-order valence-corrected chi connectivity index (χ2v) is 5.15. The summed E-state index contributed by atoms with van der Waals surface area (Å²) in [5.74, 6) is 0.0833. The van der Waals surface area contributed by atoms with E-state index in [-0.39, 0.29) is 24.9 Å². The number of hydrogen-bond donors (Lipinski definition) is 3. The van der Waals surface area contributed by atoms with Gasteiger partial charge in [0.15, 0.2) is 0 Å². The highest BCUT2D eigenvalue weighted by atomic mass is 32.2. The monoisotopic (exact) mass is 269 g/mol. The van der Waals surface area contributed by atoms with E-state index in [9.17, 15) is 15.0 Å². The molecule has 0 saturated carbocycles. The van der Waals surface area contributed by atoms with Crippen molar-refractivity contribution in [3.05, 3.63) is 30.3 Å². The Labute approximate surface area is 111 Å². The summed E-state index contributed by atoms with van der Waals surface area (Å²) in [5.41, 5.74) is -0.908. The molecule has 0 fully saturated rings. The molecule has 3 N–H and O–H groups in total. The van der Waals surface area contributed by atoms with Gasteiger partial charge in [-0.15, -0.1) is 11.8 Å².